The molecule has 0 fully saturated rings. The highest BCUT2D eigenvalue weighted by atomic mass is 35.5. The summed E-state index contributed by atoms with van der Waals surface area (Å²) in [5.41, 5.74) is 0.735. The molecule has 0 spiro atoms. The van der Waals surface area contributed by atoms with E-state index in [1.165, 1.54) is 4.88 Å². The normalized spacial score (nSPS) is 10.9. The Bertz CT molecular complexity index is 719. The number of benzene rings is 1. The Labute approximate surface area is 149 Å². The molecule has 1 aromatic carbocycles. The van der Waals surface area contributed by atoms with E-state index in [-0.39, 0.29) is 12.5 Å². The summed E-state index contributed by atoms with van der Waals surface area (Å²) in [4.78, 5) is 15.6. The van der Waals surface area contributed by atoms with Gasteiger partial charge in [0.05, 0.1) is 19.4 Å². The molecule has 0 aliphatic carbocycles. The van der Waals surface area contributed by atoms with Gasteiger partial charge in [-0.05, 0) is 47.8 Å². The van der Waals surface area contributed by atoms with Crippen molar-refractivity contribution in [2.24, 2.45) is 0 Å². The Morgan fingerprint density at radius 3 is 2.62 bits per heavy atom. The zero-order chi connectivity index (χ0) is 16.8. The predicted octanol–water partition coefficient (Wildman–Crippen LogP) is 4.64. The van der Waals surface area contributed by atoms with Crippen LogP contribution in [0.3, 0.4) is 0 Å². The van der Waals surface area contributed by atoms with Crippen molar-refractivity contribution in [1.82, 2.24) is 4.90 Å². The van der Waals surface area contributed by atoms with Gasteiger partial charge in [-0.1, -0.05) is 17.7 Å². The third-order valence-electron chi connectivity index (χ3n) is 3.41. The predicted molar refractivity (Wildman–Crippen MR) is 97.2 cm³/mol. The monoisotopic (exact) mass is 360 g/mol. The molecule has 0 unspecified atom stereocenters. The van der Waals surface area contributed by atoms with Crippen LogP contribution in [-0.2, 0) is 17.9 Å². The lowest BCUT2D eigenvalue weighted by molar-refractivity contribution is -0.117. The lowest BCUT2D eigenvalue weighted by atomic mass is 10.3. The molecule has 124 valence electrons. The van der Waals surface area contributed by atoms with Crippen molar-refractivity contribution < 1.29 is 9.21 Å². The number of carbonyl (C=O) groups is 1. The molecule has 1 amide bonds. The van der Waals surface area contributed by atoms with Crippen molar-refractivity contribution in [3.63, 3.8) is 0 Å². The van der Waals surface area contributed by atoms with E-state index in [2.05, 4.69) is 16.3 Å². The summed E-state index contributed by atoms with van der Waals surface area (Å²) < 4.78 is 5.41. The Morgan fingerprint density at radius 2 is 1.96 bits per heavy atom. The van der Waals surface area contributed by atoms with Crippen LogP contribution in [0.5, 0.6) is 0 Å². The number of carbonyl (C=O) groups excluding carboxylic acids is 1. The third kappa shape index (κ3) is 4.96. The Morgan fingerprint density at radius 1 is 1.12 bits per heavy atom. The first kappa shape index (κ1) is 16.8. The van der Waals surface area contributed by atoms with Gasteiger partial charge < -0.3 is 9.73 Å². The average molecular weight is 361 g/mol. The van der Waals surface area contributed by atoms with Crippen molar-refractivity contribution in [2.75, 3.05) is 11.9 Å². The number of rotatable bonds is 7. The molecule has 2 heterocycles. The largest absolute Gasteiger partial charge is 0.468 e. The second-order valence-corrected chi connectivity index (χ2v) is 6.83. The highest BCUT2D eigenvalue weighted by Gasteiger charge is 2.14. The summed E-state index contributed by atoms with van der Waals surface area (Å²) in [5.74, 6) is 0.770. The fraction of sp³-hybridized carbons (Fsp3) is 0.167. The second kappa shape index (κ2) is 8.15. The number of halogens is 1. The Hall–Kier alpha value is -2.08. The van der Waals surface area contributed by atoms with E-state index in [9.17, 15) is 4.79 Å². The van der Waals surface area contributed by atoms with Gasteiger partial charge in [0.1, 0.15) is 5.76 Å². The van der Waals surface area contributed by atoms with Crippen LogP contribution in [0.2, 0.25) is 5.02 Å². The molecule has 0 aliphatic heterocycles. The van der Waals surface area contributed by atoms with Gasteiger partial charge in [0.15, 0.2) is 0 Å². The Balaban J connectivity index is 1.63. The summed E-state index contributed by atoms with van der Waals surface area (Å²) in [6.45, 7) is 1.56. The van der Waals surface area contributed by atoms with Gasteiger partial charge in [-0.2, -0.15) is 0 Å². The number of thiophene rings is 1. The summed E-state index contributed by atoms with van der Waals surface area (Å²) in [7, 11) is 0. The molecule has 0 saturated carbocycles. The lowest BCUT2D eigenvalue weighted by Gasteiger charge is -2.20. The zero-order valence-electron chi connectivity index (χ0n) is 12.9. The number of nitrogens with zero attached hydrogens (tertiary/aromatic N) is 1. The van der Waals surface area contributed by atoms with Gasteiger partial charge >= 0.3 is 0 Å². The lowest BCUT2D eigenvalue weighted by Crippen LogP contribution is -2.32. The number of anilines is 1. The summed E-state index contributed by atoms with van der Waals surface area (Å²) in [6.07, 6.45) is 1.65. The first-order valence-electron chi connectivity index (χ1n) is 7.51. The minimum absolute atomic E-state index is 0.0690. The van der Waals surface area contributed by atoms with Gasteiger partial charge in [0.25, 0.3) is 0 Å². The molecule has 1 N–H and O–H groups in total. The third-order valence-corrected chi connectivity index (χ3v) is 4.53. The molecule has 3 aromatic rings. The Kier molecular flexibility index (Phi) is 5.69. The minimum atomic E-state index is -0.0690. The highest BCUT2D eigenvalue weighted by molar-refractivity contribution is 7.09. The fourth-order valence-corrected chi connectivity index (χ4v) is 3.22. The smallest absolute Gasteiger partial charge is 0.238 e. The van der Waals surface area contributed by atoms with Crippen LogP contribution in [0, 0.1) is 0 Å². The highest BCUT2D eigenvalue weighted by Crippen LogP contribution is 2.16. The van der Waals surface area contributed by atoms with Gasteiger partial charge in [0, 0.05) is 22.1 Å². The summed E-state index contributed by atoms with van der Waals surface area (Å²) >= 11 is 7.54. The number of furan rings is 1. The molecule has 24 heavy (non-hydrogen) atoms. The number of amides is 1. The van der Waals surface area contributed by atoms with Gasteiger partial charge in [-0.15, -0.1) is 11.3 Å². The van der Waals surface area contributed by atoms with Crippen molar-refractivity contribution >= 4 is 34.5 Å². The van der Waals surface area contributed by atoms with E-state index in [1.807, 2.05) is 23.6 Å². The van der Waals surface area contributed by atoms with E-state index >= 15 is 0 Å². The number of nitrogens with one attached hydrogen (secondary N) is 1. The van der Waals surface area contributed by atoms with Crippen LogP contribution < -0.4 is 5.32 Å². The molecule has 0 aliphatic rings. The maximum Gasteiger partial charge on any atom is 0.238 e. The first-order chi connectivity index (χ1) is 11.7. The molecular formula is C18H17ClN2O2S. The van der Waals surface area contributed by atoms with Crippen molar-refractivity contribution in [2.45, 2.75) is 13.1 Å². The average Bonchev–Trinajstić information content (AvgIpc) is 3.23. The van der Waals surface area contributed by atoms with Crippen LogP contribution in [0.4, 0.5) is 5.69 Å². The topological polar surface area (TPSA) is 45.5 Å². The molecule has 0 saturated heterocycles. The molecule has 2 aromatic heterocycles. The SMILES string of the molecule is O=C(CN(Cc1ccco1)Cc1cccs1)Nc1ccc(Cl)cc1. The fourth-order valence-electron chi connectivity index (χ4n) is 2.35. The number of hydrogen-bond acceptors (Lipinski definition) is 4. The zero-order valence-corrected chi connectivity index (χ0v) is 14.5. The first-order valence-corrected chi connectivity index (χ1v) is 8.77. The summed E-state index contributed by atoms with van der Waals surface area (Å²) in [6, 6.07) is 14.9. The maximum absolute atomic E-state index is 12.4. The maximum atomic E-state index is 12.4. The van der Waals surface area contributed by atoms with E-state index in [0.717, 1.165) is 11.4 Å². The van der Waals surface area contributed by atoms with Crippen molar-refractivity contribution in [1.29, 1.82) is 0 Å². The quantitative estimate of drug-likeness (QED) is 0.667. The van der Waals surface area contributed by atoms with Gasteiger partial charge in [0.2, 0.25) is 5.91 Å². The molecular weight excluding hydrogens is 344 g/mol. The van der Waals surface area contributed by atoms with E-state index in [0.29, 0.717) is 18.1 Å². The van der Waals surface area contributed by atoms with Crippen molar-refractivity contribution in [3.8, 4) is 0 Å². The van der Waals surface area contributed by atoms with Crippen molar-refractivity contribution in [3.05, 3.63) is 75.8 Å². The van der Waals surface area contributed by atoms with Crippen LogP contribution in [0.1, 0.15) is 10.6 Å². The minimum Gasteiger partial charge on any atom is -0.468 e. The molecule has 0 radical (unpaired) electrons. The van der Waals surface area contributed by atoms with Gasteiger partial charge in [-0.25, -0.2) is 0 Å². The second-order valence-electron chi connectivity index (χ2n) is 5.36. The molecule has 4 nitrogen and oxygen atoms in total. The van der Waals surface area contributed by atoms with Crippen LogP contribution in [0.25, 0.3) is 0 Å². The number of hydrogen-bond donors (Lipinski definition) is 1. The molecule has 0 atom stereocenters. The molecule has 6 heteroatoms. The van der Waals surface area contributed by atoms with E-state index in [4.69, 9.17) is 16.0 Å². The van der Waals surface area contributed by atoms with E-state index in [1.54, 1.807) is 41.9 Å². The molecule has 3 rings (SSSR count). The standard InChI is InChI=1S/C18H17ClN2O2S/c19-14-5-7-15(8-6-14)20-18(22)13-21(11-16-3-1-9-23-16)12-17-4-2-10-24-17/h1-10H,11-13H2,(H,20,22). The van der Waals surface area contributed by atoms with E-state index < -0.39 is 0 Å². The van der Waals surface area contributed by atoms with Crippen LogP contribution in [-0.4, -0.2) is 17.4 Å². The van der Waals surface area contributed by atoms with Crippen LogP contribution >= 0.6 is 22.9 Å². The van der Waals surface area contributed by atoms with Crippen LogP contribution in [0.15, 0.2) is 64.6 Å². The van der Waals surface area contributed by atoms with Gasteiger partial charge in [-0.3, -0.25) is 9.69 Å². The molecule has 0 bridgehead atoms. The summed E-state index contributed by atoms with van der Waals surface area (Å²) in [5, 5.41) is 5.57.